The van der Waals surface area contributed by atoms with Gasteiger partial charge in [0.25, 0.3) is 0 Å². The van der Waals surface area contributed by atoms with Crippen LogP contribution >= 0.6 is 0 Å². The first kappa shape index (κ1) is 18.6. The zero-order valence-electron chi connectivity index (χ0n) is 18.2. The van der Waals surface area contributed by atoms with E-state index in [0.717, 1.165) is 38.6 Å². The van der Waals surface area contributed by atoms with E-state index in [1.807, 2.05) is 0 Å². The minimum absolute atomic E-state index is 1.06. The number of hydrogen-bond acceptors (Lipinski definition) is 0. The van der Waals surface area contributed by atoms with Gasteiger partial charge in [0.1, 0.15) is 6.54 Å². The van der Waals surface area contributed by atoms with Crippen molar-refractivity contribution >= 4 is 0 Å². The van der Waals surface area contributed by atoms with E-state index in [4.69, 9.17) is 0 Å². The topological polar surface area (TPSA) is 3.88 Å². The summed E-state index contributed by atoms with van der Waals surface area (Å²) < 4.78 is 2.67. The van der Waals surface area contributed by atoms with Gasteiger partial charge in [0.05, 0.1) is 0 Å². The van der Waals surface area contributed by atoms with Crippen molar-refractivity contribution in [2.75, 3.05) is 0 Å². The Hall–Kier alpha value is -3.19. The third-order valence-electron chi connectivity index (χ3n) is 7.06. The number of hydrogen-bond donors (Lipinski definition) is 0. The van der Waals surface area contributed by atoms with Gasteiger partial charge < -0.3 is 0 Å². The number of rotatable bonds is 3. The molecule has 2 aliphatic rings. The molecule has 6 rings (SSSR count). The number of benzene rings is 3. The van der Waals surface area contributed by atoms with Gasteiger partial charge in [0.15, 0.2) is 0 Å². The Morgan fingerprint density at radius 1 is 0.613 bits per heavy atom. The summed E-state index contributed by atoms with van der Waals surface area (Å²) in [5.74, 6) is 0. The second-order valence-corrected chi connectivity index (χ2v) is 8.86. The summed E-state index contributed by atoms with van der Waals surface area (Å²) in [5, 5.41) is 0. The predicted molar refractivity (Wildman–Crippen MR) is 128 cm³/mol. The number of fused-ring (bicyclic) bond motifs is 6. The number of aryl methyl sites for hydroxylation is 2. The molecule has 31 heavy (non-hydrogen) atoms. The average Bonchev–Trinajstić information content (AvgIpc) is 2.84. The lowest BCUT2D eigenvalue weighted by molar-refractivity contribution is -0.676. The zero-order valence-corrected chi connectivity index (χ0v) is 18.2. The van der Waals surface area contributed by atoms with Crippen LogP contribution in [0.25, 0.3) is 33.6 Å². The molecular formula is C30H28N+. The number of nitrogens with zero attached hydrogens (tertiary/aromatic N) is 1. The van der Waals surface area contributed by atoms with E-state index in [-0.39, 0.29) is 0 Å². The number of pyridine rings is 1. The van der Waals surface area contributed by atoms with E-state index < -0.39 is 0 Å². The molecule has 1 heteroatoms. The van der Waals surface area contributed by atoms with Crippen molar-refractivity contribution in [3.8, 4) is 33.6 Å². The van der Waals surface area contributed by atoms with Crippen LogP contribution < -0.4 is 4.57 Å². The Morgan fingerprint density at radius 3 is 1.68 bits per heavy atom. The molecule has 0 unspecified atom stereocenters. The van der Waals surface area contributed by atoms with Crippen LogP contribution in [-0.4, -0.2) is 0 Å². The third-order valence-corrected chi connectivity index (χ3v) is 7.06. The smallest absolute Gasteiger partial charge is 0.191 e. The Kier molecular flexibility index (Phi) is 4.49. The summed E-state index contributed by atoms with van der Waals surface area (Å²) in [6.07, 6.45) is 5.64. The van der Waals surface area contributed by atoms with E-state index in [0.29, 0.717) is 0 Å². The first-order chi connectivity index (χ1) is 15.4. The highest BCUT2D eigenvalue weighted by Crippen LogP contribution is 2.44. The van der Waals surface area contributed by atoms with Gasteiger partial charge in [-0.1, -0.05) is 73.7 Å². The normalized spacial score (nSPS) is 13.7. The van der Waals surface area contributed by atoms with Crippen molar-refractivity contribution in [3.05, 3.63) is 101 Å². The Morgan fingerprint density at radius 2 is 1.13 bits per heavy atom. The molecule has 1 heterocycles. The standard InChI is InChI=1S/C30H28N/c1-2-20-31-29-24-14-8-6-10-21(24)16-18-26(29)28(23-12-4-3-5-13-23)27-19-17-22-11-7-9-15-25(22)30(27)31/h3-15H,2,16-20H2,1H3/q+1. The molecule has 0 N–H and O–H groups in total. The van der Waals surface area contributed by atoms with Gasteiger partial charge in [-0.05, 0) is 54.5 Å². The molecule has 0 aliphatic heterocycles. The average molecular weight is 403 g/mol. The fourth-order valence-electron chi connectivity index (χ4n) is 5.82. The third kappa shape index (κ3) is 2.87. The second kappa shape index (κ2) is 7.50. The molecule has 4 aromatic rings. The summed E-state index contributed by atoms with van der Waals surface area (Å²) >= 11 is 0. The summed E-state index contributed by atoms with van der Waals surface area (Å²) in [4.78, 5) is 0. The first-order valence-electron chi connectivity index (χ1n) is 11.7. The fourth-order valence-corrected chi connectivity index (χ4v) is 5.82. The lowest BCUT2D eigenvalue weighted by Gasteiger charge is -2.28. The van der Waals surface area contributed by atoms with Gasteiger partial charge in [-0.2, -0.15) is 4.57 Å². The number of aromatic nitrogens is 1. The zero-order chi connectivity index (χ0) is 20.8. The quantitative estimate of drug-likeness (QED) is 0.341. The van der Waals surface area contributed by atoms with Crippen LogP contribution in [-0.2, 0) is 32.2 Å². The summed E-state index contributed by atoms with van der Waals surface area (Å²) in [7, 11) is 0. The molecule has 2 aliphatic carbocycles. The van der Waals surface area contributed by atoms with Crippen LogP contribution in [0.1, 0.15) is 35.6 Å². The molecule has 152 valence electrons. The maximum atomic E-state index is 2.67. The molecule has 0 atom stereocenters. The minimum atomic E-state index is 1.06. The van der Waals surface area contributed by atoms with E-state index >= 15 is 0 Å². The van der Waals surface area contributed by atoms with Crippen LogP contribution in [0, 0.1) is 0 Å². The van der Waals surface area contributed by atoms with Crippen LogP contribution in [0.2, 0.25) is 0 Å². The summed E-state index contributed by atoms with van der Waals surface area (Å²) in [5.41, 5.74) is 14.7. The maximum absolute atomic E-state index is 2.67. The van der Waals surface area contributed by atoms with Crippen molar-refractivity contribution in [3.63, 3.8) is 0 Å². The monoisotopic (exact) mass is 402 g/mol. The lowest BCUT2D eigenvalue weighted by Crippen LogP contribution is -2.43. The van der Waals surface area contributed by atoms with Gasteiger partial charge in [-0.15, -0.1) is 0 Å². The maximum Gasteiger partial charge on any atom is 0.217 e. The van der Waals surface area contributed by atoms with E-state index in [9.17, 15) is 0 Å². The van der Waals surface area contributed by atoms with Crippen molar-refractivity contribution in [2.24, 2.45) is 0 Å². The Balaban J connectivity index is 1.79. The molecule has 1 aromatic heterocycles. The van der Waals surface area contributed by atoms with Gasteiger partial charge in [-0.3, -0.25) is 0 Å². The van der Waals surface area contributed by atoms with Crippen molar-refractivity contribution in [2.45, 2.75) is 45.6 Å². The molecular weight excluding hydrogens is 374 g/mol. The molecule has 1 nitrogen and oxygen atoms in total. The molecule has 0 amide bonds. The molecule has 0 saturated heterocycles. The van der Waals surface area contributed by atoms with E-state index in [1.165, 1.54) is 44.8 Å². The Bertz CT molecular complexity index is 1210. The molecule has 0 bridgehead atoms. The van der Waals surface area contributed by atoms with E-state index in [1.54, 1.807) is 11.1 Å². The van der Waals surface area contributed by atoms with Gasteiger partial charge in [-0.25, -0.2) is 0 Å². The molecule has 0 spiro atoms. The van der Waals surface area contributed by atoms with Crippen LogP contribution in [0.4, 0.5) is 0 Å². The fraction of sp³-hybridized carbons (Fsp3) is 0.233. The Labute approximate surface area is 185 Å². The van der Waals surface area contributed by atoms with Crippen molar-refractivity contribution in [1.29, 1.82) is 0 Å². The summed E-state index contributed by atoms with van der Waals surface area (Å²) in [6, 6.07) is 29.3. The molecule has 0 saturated carbocycles. The molecule has 0 radical (unpaired) electrons. The van der Waals surface area contributed by atoms with Crippen LogP contribution in [0.15, 0.2) is 78.9 Å². The molecule has 0 fully saturated rings. The highest BCUT2D eigenvalue weighted by Gasteiger charge is 2.37. The largest absolute Gasteiger partial charge is 0.217 e. The van der Waals surface area contributed by atoms with Gasteiger partial charge >= 0.3 is 0 Å². The first-order valence-corrected chi connectivity index (χ1v) is 11.7. The summed E-state index contributed by atoms with van der Waals surface area (Å²) in [6.45, 7) is 3.36. The van der Waals surface area contributed by atoms with Crippen molar-refractivity contribution < 1.29 is 4.57 Å². The van der Waals surface area contributed by atoms with Crippen LogP contribution in [0.3, 0.4) is 0 Å². The van der Waals surface area contributed by atoms with Gasteiger partial charge in [0, 0.05) is 34.2 Å². The second-order valence-electron chi connectivity index (χ2n) is 8.86. The highest BCUT2D eigenvalue weighted by atomic mass is 15.0. The predicted octanol–water partition coefficient (Wildman–Crippen LogP) is 6.58. The molecule has 3 aromatic carbocycles. The SMILES string of the molecule is CCC[n+]1c2c(c(-c3ccccc3)c3c1-c1ccccc1CC3)CCc1ccccc1-2. The lowest BCUT2D eigenvalue weighted by atomic mass is 9.77. The van der Waals surface area contributed by atoms with Crippen molar-refractivity contribution in [1.82, 2.24) is 0 Å². The highest BCUT2D eigenvalue weighted by molar-refractivity contribution is 5.85. The minimum Gasteiger partial charge on any atom is -0.191 e. The van der Waals surface area contributed by atoms with E-state index in [2.05, 4.69) is 90.4 Å². The van der Waals surface area contributed by atoms with Gasteiger partial charge in [0.2, 0.25) is 11.4 Å². The van der Waals surface area contributed by atoms with Crippen LogP contribution in [0.5, 0.6) is 0 Å².